The minimum atomic E-state index is -3.30. The molecular formula is C22H25NO4S. The Morgan fingerprint density at radius 3 is 2.68 bits per heavy atom. The maximum atomic E-state index is 12.0. The molecule has 0 radical (unpaired) electrons. The molecule has 0 bridgehead atoms. The van der Waals surface area contributed by atoms with Gasteiger partial charge in [0.1, 0.15) is 11.4 Å². The van der Waals surface area contributed by atoms with Crippen LogP contribution in [0.4, 0.5) is 0 Å². The molecule has 1 saturated heterocycles. The van der Waals surface area contributed by atoms with E-state index in [1.165, 1.54) is 11.8 Å². The van der Waals surface area contributed by atoms with Crippen LogP contribution in [-0.4, -0.2) is 40.5 Å². The van der Waals surface area contributed by atoms with Crippen LogP contribution in [0.25, 0.3) is 5.57 Å². The molecule has 4 rings (SSSR count). The van der Waals surface area contributed by atoms with Crippen molar-refractivity contribution >= 4 is 15.4 Å². The van der Waals surface area contributed by atoms with Gasteiger partial charge in [-0.25, -0.2) is 8.42 Å². The van der Waals surface area contributed by atoms with Crippen molar-refractivity contribution in [1.29, 1.82) is 0 Å². The summed E-state index contributed by atoms with van der Waals surface area (Å²) in [7, 11) is -1.71. The molecule has 2 aliphatic rings. The Labute approximate surface area is 166 Å². The van der Waals surface area contributed by atoms with Crippen molar-refractivity contribution in [1.82, 2.24) is 5.32 Å². The highest BCUT2D eigenvalue weighted by atomic mass is 32.2. The highest BCUT2D eigenvalue weighted by Crippen LogP contribution is 2.45. The van der Waals surface area contributed by atoms with Crippen LogP contribution in [0, 0.1) is 0 Å². The lowest BCUT2D eigenvalue weighted by Crippen LogP contribution is -2.47. The fraction of sp³-hybridized carbons (Fsp3) is 0.364. The summed E-state index contributed by atoms with van der Waals surface area (Å²) in [5, 5.41) is 3.61. The highest BCUT2D eigenvalue weighted by Gasteiger charge is 2.44. The summed E-state index contributed by atoms with van der Waals surface area (Å²) in [4.78, 5) is 0.284. The van der Waals surface area contributed by atoms with E-state index in [4.69, 9.17) is 9.47 Å². The first-order valence-corrected chi connectivity index (χ1v) is 11.3. The third-order valence-corrected chi connectivity index (χ3v) is 6.68. The van der Waals surface area contributed by atoms with E-state index in [-0.39, 0.29) is 10.9 Å². The van der Waals surface area contributed by atoms with Gasteiger partial charge in [-0.1, -0.05) is 30.3 Å². The van der Waals surface area contributed by atoms with Gasteiger partial charge in [0.15, 0.2) is 9.84 Å². The zero-order chi connectivity index (χ0) is 19.8. The van der Waals surface area contributed by atoms with Gasteiger partial charge in [0.25, 0.3) is 0 Å². The van der Waals surface area contributed by atoms with E-state index in [1.807, 2.05) is 18.2 Å². The molecule has 0 aliphatic carbocycles. The lowest BCUT2D eigenvalue weighted by atomic mass is 9.81. The van der Waals surface area contributed by atoms with Gasteiger partial charge >= 0.3 is 0 Å². The molecule has 0 amide bonds. The second-order valence-electron chi connectivity index (χ2n) is 7.45. The molecule has 0 aromatic heterocycles. The average molecular weight is 400 g/mol. The lowest BCUT2D eigenvalue weighted by molar-refractivity contribution is -0.0255. The normalized spacial score (nSPS) is 24.9. The topological polar surface area (TPSA) is 64.6 Å². The maximum absolute atomic E-state index is 12.0. The molecule has 2 aliphatic heterocycles. The van der Waals surface area contributed by atoms with Gasteiger partial charge in [-0.2, -0.15) is 0 Å². The van der Waals surface area contributed by atoms with Crippen LogP contribution < -0.4 is 10.1 Å². The molecule has 148 valence electrons. The van der Waals surface area contributed by atoms with Gasteiger partial charge in [-0.05, 0) is 54.8 Å². The molecule has 1 spiro atoms. The Hall–Kier alpha value is -2.15. The zero-order valence-electron chi connectivity index (χ0n) is 16.1. The molecular weight excluding hydrogens is 374 g/mol. The third kappa shape index (κ3) is 3.48. The van der Waals surface area contributed by atoms with E-state index >= 15 is 0 Å². The van der Waals surface area contributed by atoms with Gasteiger partial charge in [0.2, 0.25) is 0 Å². The molecule has 0 unspecified atom stereocenters. The van der Waals surface area contributed by atoms with Crippen molar-refractivity contribution in [2.24, 2.45) is 0 Å². The number of sulfone groups is 1. The Balaban J connectivity index is 1.77. The maximum Gasteiger partial charge on any atom is 0.175 e. The third-order valence-electron chi connectivity index (χ3n) is 5.57. The summed E-state index contributed by atoms with van der Waals surface area (Å²) >= 11 is 0. The molecule has 2 atom stereocenters. The van der Waals surface area contributed by atoms with Gasteiger partial charge in [-0.3, -0.25) is 0 Å². The summed E-state index contributed by atoms with van der Waals surface area (Å²) in [5.41, 5.74) is 2.49. The monoisotopic (exact) mass is 399 g/mol. The van der Waals surface area contributed by atoms with Gasteiger partial charge in [-0.15, -0.1) is 0 Å². The zero-order valence-corrected chi connectivity index (χ0v) is 17.0. The van der Waals surface area contributed by atoms with Crippen molar-refractivity contribution < 1.29 is 17.9 Å². The molecule has 0 saturated carbocycles. The SMILES string of the molecule is COc1ccc(S(C)(=O)=O)cc1C1=C[C@@]2(CCCN[C@H]2c2ccccc2)OC1. The van der Waals surface area contributed by atoms with Crippen molar-refractivity contribution in [2.75, 3.05) is 26.5 Å². The lowest BCUT2D eigenvalue weighted by Gasteiger charge is -2.40. The smallest absolute Gasteiger partial charge is 0.175 e. The van der Waals surface area contributed by atoms with Gasteiger partial charge in [0.05, 0.1) is 24.7 Å². The molecule has 2 heterocycles. The summed E-state index contributed by atoms with van der Waals surface area (Å²) in [6.07, 6.45) is 5.32. The van der Waals surface area contributed by atoms with E-state index in [0.29, 0.717) is 12.4 Å². The number of methoxy groups -OCH3 is 1. The Kier molecular flexibility index (Phi) is 5.04. The van der Waals surface area contributed by atoms with Crippen LogP contribution in [0.3, 0.4) is 0 Å². The molecule has 1 fully saturated rings. The summed E-state index contributed by atoms with van der Waals surface area (Å²) in [6.45, 7) is 1.37. The predicted octanol–water partition coefficient (Wildman–Crippen LogP) is 3.38. The van der Waals surface area contributed by atoms with Gasteiger partial charge < -0.3 is 14.8 Å². The Morgan fingerprint density at radius 2 is 1.96 bits per heavy atom. The van der Waals surface area contributed by atoms with Crippen LogP contribution in [0.1, 0.15) is 30.0 Å². The highest BCUT2D eigenvalue weighted by molar-refractivity contribution is 7.90. The fourth-order valence-corrected chi connectivity index (χ4v) is 4.85. The molecule has 28 heavy (non-hydrogen) atoms. The number of rotatable bonds is 4. The Bertz CT molecular complexity index is 1000. The number of piperidine rings is 1. The average Bonchev–Trinajstić information content (AvgIpc) is 3.12. The molecule has 6 heteroatoms. The number of hydrogen-bond acceptors (Lipinski definition) is 5. The van der Waals surface area contributed by atoms with Crippen LogP contribution in [-0.2, 0) is 14.6 Å². The largest absolute Gasteiger partial charge is 0.496 e. The minimum absolute atomic E-state index is 0.0593. The standard InChI is InChI=1S/C22H25NO4S/c1-26-20-10-9-18(28(2,24)25)13-19(20)17-14-22(27-15-17)11-6-12-23-21(22)16-7-4-3-5-8-16/h3-5,7-10,13-14,21,23H,6,11-12,15H2,1-2H3/t21-,22+/m0/s1. The number of nitrogens with one attached hydrogen (secondary N) is 1. The summed E-state index contributed by atoms with van der Waals surface area (Å²) in [5.74, 6) is 0.652. The summed E-state index contributed by atoms with van der Waals surface area (Å²) < 4.78 is 35.9. The van der Waals surface area contributed by atoms with Crippen molar-refractivity contribution in [3.63, 3.8) is 0 Å². The van der Waals surface area contributed by atoms with Crippen LogP contribution in [0.15, 0.2) is 59.5 Å². The molecule has 1 N–H and O–H groups in total. The van der Waals surface area contributed by atoms with Gasteiger partial charge in [0, 0.05) is 11.8 Å². The number of hydrogen-bond donors (Lipinski definition) is 1. The first-order chi connectivity index (χ1) is 13.4. The van der Waals surface area contributed by atoms with Crippen LogP contribution in [0.2, 0.25) is 0 Å². The summed E-state index contributed by atoms with van der Waals surface area (Å²) in [6, 6.07) is 15.4. The predicted molar refractivity (Wildman–Crippen MR) is 109 cm³/mol. The minimum Gasteiger partial charge on any atom is -0.496 e. The van der Waals surface area contributed by atoms with E-state index in [0.717, 1.165) is 30.5 Å². The Morgan fingerprint density at radius 1 is 1.18 bits per heavy atom. The van der Waals surface area contributed by atoms with Crippen LogP contribution >= 0.6 is 0 Å². The number of benzene rings is 2. The number of ether oxygens (including phenoxy) is 2. The van der Waals surface area contributed by atoms with E-state index in [9.17, 15) is 8.42 Å². The van der Waals surface area contributed by atoms with E-state index < -0.39 is 15.4 Å². The second kappa shape index (κ2) is 7.35. The molecule has 2 aromatic carbocycles. The quantitative estimate of drug-likeness (QED) is 0.854. The second-order valence-corrected chi connectivity index (χ2v) is 9.46. The first-order valence-electron chi connectivity index (χ1n) is 9.45. The van der Waals surface area contributed by atoms with Crippen molar-refractivity contribution in [2.45, 2.75) is 29.4 Å². The first kappa shape index (κ1) is 19.2. The van der Waals surface area contributed by atoms with Crippen molar-refractivity contribution in [3.8, 4) is 5.75 Å². The van der Waals surface area contributed by atoms with Crippen LogP contribution in [0.5, 0.6) is 5.75 Å². The fourth-order valence-electron chi connectivity index (χ4n) is 4.20. The van der Waals surface area contributed by atoms with E-state index in [1.54, 1.807) is 25.3 Å². The molecule has 2 aromatic rings. The van der Waals surface area contributed by atoms with E-state index in [2.05, 4.69) is 23.5 Å². The van der Waals surface area contributed by atoms with Crippen molar-refractivity contribution in [3.05, 3.63) is 65.7 Å². The molecule has 5 nitrogen and oxygen atoms in total.